The lowest BCUT2D eigenvalue weighted by molar-refractivity contribution is 0.103. The van der Waals surface area contributed by atoms with Gasteiger partial charge in [0.25, 0.3) is 5.91 Å². The van der Waals surface area contributed by atoms with Crippen LogP contribution in [0.4, 0.5) is 5.13 Å². The highest BCUT2D eigenvalue weighted by atomic mass is 32.1. The number of para-hydroxylation sites is 1. The molecule has 136 valence electrons. The lowest BCUT2D eigenvalue weighted by Gasteiger charge is -2.00. The molecule has 0 atom stereocenters. The van der Waals surface area contributed by atoms with E-state index in [-0.39, 0.29) is 5.91 Å². The minimum atomic E-state index is -0.179. The van der Waals surface area contributed by atoms with E-state index in [2.05, 4.69) is 15.3 Å². The maximum absolute atomic E-state index is 12.7. The minimum Gasteiger partial charge on any atom is -0.497 e. The summed E-state index contributed by atoms with van der Waals surface area (Å²) in [6.07, 6.45) is 0. The quantitative estimate of drug-likeness (QED) is 0.509. The first-order valence-electron chi connectivity index (χ1n) is 8.34. The predicted octanol–water partition coefficient (Wildman–Crippen LogP) is 5.30. The number of fused-ring (bicyclic) bond motifs is 1. The summed E-state index contributed by atoms with van der Waals surface area (Å²) in [4.78, 5) is 22.4. The number of anilines is 1. The van der Waals surface area contributed by atoms with Crippen molar-refractivity contribution in [3.63, 3.8) is 0 Å². The van der Waals surface area contributed by atoms with Gasteiger partial charge < -0.3 is 4.74 Å². The summed E-state index contributed by atoms with van der Waals surface area (Å²) < 4.78 is 6.25. The van der Waals surface area contributed by atoms with Crippen molar-refractivity contribution in [3.8, 4) is 16.3 Å². The molecule has 7 heteroatoms. The van der Waals surface area contributed by atoms with E-state index in [0.717, 1.165) is 32.1 Å². The number of methoxy groups -OCH3 is 1. The zero-order valence-corrected chi connectivity index (χ0v) is 16.7. The molecule has 0 bridgehead atoms. The molecule has 0 aliphatic rings. The van der Waals surface area contributed by atoms with Gasteiger partial charge in [0.15, 0.2) is 5.13 Å². The number of thiazole rings is 2. The summed E-state index contributed by atoms with van der Waals surface area (Å²) in [6, 6.07) is 13.7. The molecule has 2 aromatic carbocycles. The van der Waals surface area contributed by atoms with Crippen molar-refractivity contribution < 1.29 is 9.53 Å². The number of carbonyl (C=O) groups excluding carboxylic acids is 1. The summed E-state index contributed by atoms with van der Waals surface area (Å²) in [6.45, 7) is 3.86. The van der Waals surface area contributed by atoms with E-state index < -0.39 is 0 Å². The molecule has 5 nitrogen and oxygen atoms in total. The van der Waals surface area contributed by atoms with Crippen LogP contribution in [-0.4, -0.2) is 23.0 Å². The number of nitrogens with zero attached hydrogens (tertiary/aromatic N) is 2. The number of aryl methyl sites for hydroxylation is 2. The van der Waals surface area contributed by atoms with Crippen LogP contribution in [0.2, 0.25) is 0 Å². The number of ether oxygens (including phenoxy) is 1. The maximum atomic E-state index is 12.7. The number of nitrogens with one attached hydrogen (secondary N) is 1. The van der Waals surface area contributed by atoms with E-state index in [1.807, 2.05) is 56.3 Å². The summed E-state index contributed by atoms with van der Waals surface area (Å²) in [7, 11) is 1.63. The van der Waals surface area contributed by atoms with E-state index in [9.17, 15) is 4.79 Å². The van der Waals surface area contributed by atoms with E-state index in [1.54, 1.807) is 7.11 Å². The fraction of sp³-hybridized carbons (Fsp3) is 0.150. The van der Waals surface area contributed by atoms with Gasteiger partial charge in [-0.3, -0.25) is 10.1 Å². The Hall–Kier alpha value is -2.77. The average molecular weight is 396 g/mol. The van der Waals surface area contributed by atoms with Gasteiger partial charge in [-0.25, -0.2) is 9.97 Å². The Morgan fingerprint density at radius 1 is 1.04 bits per heavy atom. The van der Waals surface area contributed by atoms with Gasteiger partial charge in [0, 0.05) is 5.56 Å². The van der Waals surface area contributed by atoms with Crippen molar-refractivity contribution in [2.45, 2.75) is 13.8 Å². The van der Waals surface area contributed by atoms with E-state index in [1.165, 1.54) is 22.7 Å². The van der Waals surface area contributed by atoms with Crippen LogP contribution >= 0.6 is 22.7 Å². The third kappa shape index (κ3) is 3.43. The van der Waals surface area contributed by atoms with Gasteiger partial charge >= 0.3 is 0 Å². The highest BCUT2D eigenvalue weighted by Crippen LogP contribution is 2.31. The molecule has 2 aromatic heterocycles. The number of hydrogen-bond donors (Lipinski definition) is 1. The first-order valence-corrected chi connectivity index (χ1v) is 9.98. The average Bonchev–Trinajstić information content (AvgIpc) is 3.26. The van der Waals surface area contributed by atoms with Gasteiger partial charge in [0.1, 0.15) is 15.6 Å². The molecule has 2 heterocycles. The van der Waals surface area contributed by atoms with Crippen molar-refractivity contribution in [2.24, 2.45) is 0 Å². The third-order valence-corrected chi connectivity index (χ3v) is 6.32. The van der Waals surface area contributed by atoms with Gasteiger partial charge in [-0.05, 0) is 49.7 Å². The smallest absolute Gasteiger partial charge is 0.269 e. The maximum Gasteiger partial charge on any atom is 0.269 e. The van der Waals surface area contributed by atoms with Crippen molar-refractivity contribution in [2.75, 3.05) is 12.4 Å². The van der Waals surface area contributed by atoms with Crippen LogP contribution in [0.5, 0.6) is 5.75 Å². The van der Waals surface area contributed by atoms with Crippen LogP contribution in [0.1, 0.15) is 20.9 Å². The van der Waals surface area contributed by atoms with Gasteiger partial charge in [-0.1, -0.05) is 23.5 Å². The van der Waals surface area contributed by atoms with Crippen molar-refractivity contribution in [3.05, 3.63) is 58.6 Å². The molecule has 27 heavy (non-hydrogen) atoms. The Balaban J connectivity index is 1.59. The highest BCUT2D eigenvalue weighted by molar-refractivity contribution is 7.22. The molecule has 0 saturated heterocycles. The van der Waals surface area contributed by atoms with Crippen LogP contribution in [0.15, 0.2) is 42.5 Å². The van der Waals surface area contributed by atoms with Gasteiger partial charge in [0.05, 0.1) is 23.0 Å². The molecule has 4 aromatic rings. The molecule has 0 unspecified atom stereocenters. The second kappa shape index (κ2) is 7.09. The molecule has 0 aliphatic carbocycles. The highest BCUT2D eigenvalue weighted by Gasteiger charge is 2.18. The summed E-state index contributed by atoms with van der Waals surface area (Å²) in [5, 5.41) is 4.32. The SMILES string of the molecule is COc1ccc(-c2nc(C)c(C(=O)Nc3nc4c(C)cccc4s3)s2)cc1. The van der Waals surface area contributed by atoms with Gasteiger partial charge in [-0.2, -0.15) is 0 Å². The molecule has 0 saturated carbocycles. The Labute approximate surface area is 164 Å². The second-order valence-corrected chi connectivity index (χ2v) is 8.09. The lowest BCUT2D eigenvalue weighted by Crippen LogP contribution is -2.11. The normalized spacial score (nSPS) is 10.9. The van der Waals surface area contributed by atoms with E-state index in [0.29, 0.717) is 15.7 Å². The lowest BCUT2D eigenvalue weighted by atomic mass is 10.2. The Morgan fingerprint density at radius 2 is 1.81 bits per heavy atom. The van der Waals surface area contributed by atoms with E-state index >= 15 is 0 Å². The molecule has 0 aliphatic heterocycles. The van der Waals surface area contributed by atoms with Crippen LogP contribution in [0.3, 0.4) is 0 Å². The molecule has 0 spiro atoms. The molecule has 0 fully saturated rings. The number of rotatable bonds is 4. The Morgan fingerprint density at radius 3 is 2.52 bits per heavy atom. The van der Waals surface area contributed by atoms with Gasteiger partial charge in [0.2, 0.25) is 0 Å². The molecule has 1 amide bonds. The largest absolute Gasteiger partial charge is 0.497 e. The fourth-order valence-corrected chi connectivity index (χ4v) is 4.66. The monoisotopic (exact) mass is 395 g/mol. The first kappa shape index (κ1) is 17.6. The van der Waals surface area contributed by atoms with E-state index in [4.69, 9.17) is 4.74 Å². The minimum absolute atomic E-state index is 0.179. The summed E-state index contributed by atoms with van der Waals surface area (Å²) in [5.41, 5.74) is 3.69. The van der Waals surface area contributed by atoms with Crippen LogP contribution in [0.25, 0.3) is 20.8 Å². The fourth-order valence-electron chi connectivity index (χ4n) is 2.76. The second-order valence-electron chi connectivity index (χ2n) is 6.06. The molecule has 0 radical (unpaired) electrons. The zero-order valence-electron chi connectivity index (χ0n) is 15.1. The summed E-state index contributed by atoms with van der Waals surface area (Å²) >= 11 is 2.85. The third-order valence-electron chi connectivity index (χ3n) is 4.18. The van der Waals surface area contributed by atoms with Crippen molar-refractivity contribution >= 4 is 43.9 Å². The molecule has 4 rings (SSSR count). The van der Waals surface area contributed by atoms with Crippen molar-refractivity contribution in [1.29, 1.82) is 0 Å². The Kier molecular flexibility index (Phi) is 4.63. The molecular formula is C20H17N3O2S2. The summed E-state index contributed by atoms with van der Waals surface area (Å²) in [5.74, 6) is 0.609. The zero-order chi connectivity index (χ0) is 19.0. The van der Waals surface area contributed by atoms with Gasteiger partial charge in [-0.15, -0.1) is 11.3 Å². The predicted molar refractivity (Wildman–Crippen MR) is 111 cm³/mol. The topological polar surface area (TPSA) is 64.1 Å². The Bertz CT molecular complexity index is 1130. The van der Waals surface area contributed by atoms with Crippen LogP contribution in [-0.2, 0) is 0 Å². The number of carbonyl (C=O) groups is 1. The first-order chi connectivity index (χ1) is 13.0. The van der Waals surface area contributed by atoms with Crippen LogP contribution < -0.4 is 10.1 Å². The van der Waals surface area contributed by atoms with Crippen LogP contribution in [0, 0.1) is 13.8 Å². The standard InChI is InChI=1S/C20H17N3O2S2/c1-11-5-4-6-15-16(11)22-20(26-15)23-18(24)17-12(2)21-19(27-17)13-7-9-14(25-3)10-8-13/h4-10H,1-3H3,(H,22,23,24). The number of aromatic nitrogens is 2. The number of amides is 1. The van der Waals surface area contributed by atoms with Crippen molar-refractivity contribution in [1.82, 2.24) is 9.97 Å². The molecular weight excluding hydrogens is 378 g/mol. The number of benzene rings is 2. The molecule has 1 N–H and O–H groups in total. The number of hydrogen-bond acceptors (Lipinski definition) is 6.